The second-order valence-electron chi connectivity index (χ2n) is 3.64. The second kappa shape index (κ2) is 5.11. The molecule has 1 aliphatic rings. The largest absolute Gasteiger partial charge is 0.481 e. The molecule has 2 amide bonds. The third-order valence-corrected chi connectivity index (χ3v) is 2.57. The van der Waals surface area contributed by atoms with E-state index in [4.69, 9.17) is 16.3 Å². The van der Waals surface area contributed by atoms with Crippen LogP contribution in [0.2, 0.25) is 0 Å². The van der Waals surface area contributed by atoms with Crippen LogP contribution < -0.4 is 15.4 Å². The van der Waals surface area contributed by atoms with E-state index in [0.717, 1.165) is 6.07 Å². The summed E-state index contributed by atoms with van der Waals surface area (Å²) in [6, 6.07) is 2.40. The number of nitro groups is 1. The molecule has 0 unspecified atom stereocenters. The molecule has 8 nitrogen and oxygen atoms in total. The standard InChI is InChI=1S/C10H8ClN3O5/c11-3-9(15)12-5-1-6-8(2-7(5)14(17)18)19-4-10(16)13-6/h1-2H,3-4H2,(H,12,15)(H,13,16). The minimum atomic E-state index is -0.663. The van der Waals surface area contributed by atoms with Crippen LogP contribution in [0.4, 0.5) is 17.1 Å². The first-order valence-electron chi connectivity index (χ1n) is 5.12. The minimum absolute atomic E-state index is 0.0554. The number of carbonyl (C=O) groups excluding carboxylic acids is 2. The Balaban J connectivity index is 2.45. The zero-order valence-corrected chi connectivity index (χ0v) is 10.2. The van der Waals surface area contributed by atoms with Crippen molar-refractivity contribution in [3.05, 3.63) is 22.2 Å². The summed E-state index contributed by atoms with van der Waals surface area (Å²) >= 11 is 5.32. The molecule has 0 atom stereocenters. The van der Waals surface area contributed by atoms with Crippen molar-refractivity contribution >= 4 is 40.5 Å². The number of ether oxygens (including phenoxy) is 1. The maximum absolute atomic E-state index is 11.2. The Kier molecular flexibility index (Phi) is 3.52. The van der Waals surface area contributed by atoms with Gasteiger partial charge in [-0.3, -0.25) is 19.7 Å². The summed E-state index contributed by atoms with van der Waals surface area (Å²) in [6.07, 6.45) is 0. The van der Waals surface area contributed by atoms with Crippen LogP contribution in [0.15, 0.2) is 12.1 Å². The van der Waals surface area contributed by atoms with E-state index >= 15 is 0 Å². The molecule has 0 spiro atoms. The van der Waals surface area contributed by atoms with Gasteiger partial charge in [-0.1, -0.05) is 0 Å². The summed E-state index contributed by atoms with van der Waals surface area (Å²) in [5.74, 6) is -1.13. The Morgan fingerprint density at radius 1 is 1.58 bits per heavy atom. The second-order valence-corrected chi connectivity index (χ2v) is 3.91. The molecule has 0 aliphatic carbocycles. The molecule has 2 N–H and O–H groups in total. The number of nitrogens with one attached hydrogen (secondary N) is 2. The summed E-state index contributed by atoms with van der Waals surface area (Å²) in [6.45, 7) is -0.211. The summed E-state index contributed by atoms with van der Waals surface area (Å²) in [5.41, 5.74) is -0.139. The van der Waals surface area contributed by atoms with Gasteiger partial charge < -0.3 is 15.4 Å². The van der Waals surface area contributed by atoms with Crippen LogP contribution in [0.3, 0.4) is 0 Å². The number of amides is 2. The first kappa shape index (κ1) is 13.1. The highest BCUT2D eigenvalue weighted by atomic mass is 35.5. The van der Waals surface area contributed by atoms with Crippen molar-refractivity contribution in [2.75, 3.05) is 23.1 Å². The first-order chi connectivity index (χ1) is 9.01. The monoisotopic (exact) mass is 285 g/mol. The van der Waals surface area contributed by atoms with Crippen LogP contribution in [0, 0.1) is 10.1 Å². The number of hydrogen-bond acceptors (Lipinski definition) is 5. The predicted octanol–water partition coefficient (Wildman–Crippen LogP) is 1.10. The van der Waals surface area contributed by atoms with E-state index in [0.29, 0.717) is 0 Å². The fraction of sp³-hybridized carbons (Fsp3) is 0.200. The van der Waals surface area contributed by atoms with Crippen LogP contribution in [0.1, 0.15) is 0 Å². The Morgan fingerprint density at radius 3 is 2.95 bits per heavy atom. The normalized spacial score (nSPS) is 13.0. The van der Waals surface area contributed by atoms with E-state index in [2.05, 4.69) is 10.6 Å². The molecular weight excluding hydrogens is 278 g/mol. The number of fused-ring (bicyclic) bond motifs is 1. The summed E-state index contributed by atoms with van der Waals surface area (Å²) in [5, 5.41) is 15.7. The lowest BCUT2D eigenvalue weighted by Gasteiger charge is -2.18. The van der Waals surface area contributed by atoms with Crippen molar-refractivity contribution in [1.82, 2.24) is 0 Å². The van der Waals surface area contributed by atoms with Crippen molar-refractivity contribution in [2.45, 2.75) is 0 Å². The molecular formula is C10H8ClN3O5. The SMILES string of the molecule is O=C1COc2cc([N+](=O)[O-])c(NC(=O)CCl)cc2N1. The maximum Gasteiger partial charge on any atom is 0.296 e. The summed E-state index contributed by atoms with van der Waals surface area (Å²) < 4.78 is 5.06. The number of carbonyl (C=O) groups is 2. The van der Waals surface area contributed by atoms with Crippen molar-refractivity contribution in [1.29, 1.82) is 0 Å². The van der Waals surface area contributed by atoms with Crippen LogP contribution in [0.5, 0.6) is 5.75 Å². The number of alkyl halides is 1. The van der Waals surface area contributed by atoms with Crippen molar-refractivity contribution in [3.63, 3.8) is 0 Å². The average molecular weight is 286 g/mol. The Hall–Kier alpha value is -2.35. The lowest BCUT2D eigenvalue weighted by molar-refractivity contribution is -0.384. The predicted molar refractivity (Wildman–Crippen MR) is 66.6 cm³/mol. The van der Waals surface area contributed by atoms with E-state index in [1.807, 2.05) is 0 Å². The van der Waals surface area contributed by atoms with E-state index in [9.17, 15) is 19.7 Å². The number of benzene rings is 1. The number of nitrogens with zero attached hydrogens (tertiary/aromatic N) is 1. The van der Waals surface area contributed by atoms with Crippen molar-refractivity contribution in [2.24, 2.45) is 0 Å². The molecule has 0 aromatic heterocycles. The minimum Gasteiger partial charge on any atom is -0.481 e. The first-order valence-corrected chi connectivity index (χ1v) is 5.65. The summed E-state index contributed by atoms with van der Waals surface area (Å²) in [4.78, 5) is 32.6. The summed E-state index contributed by atoms with van der Waals surface area (Å²) in [7, 11) is 0. The number of rotatable bonds is 3. The molecule has 1 heterocycles. The zero-order valence-electron chi connectivity index (χ0n) is 9.44. The number of hydrogen-bond donors (Lipinski definition) is 2. The molecule has 100 valence electrons. The lowest BCUT2D eigenvalue weighted by Crippen LogP contribution is -2.25. The third kappa shape index (κ3) is 2.74. The van der Waals surface area contributed by atoms with Crippen LogP contribution in [-0.4, -0.2) is 29.2 Å². The van der Waals surface area contributed by atoms with Crippen LogP contribution in [-0.2, 0) is 9.59 Å². The van der Waals surface area contributed by atoms with Gasteiger partial charge in [0.05, 0.1) is 16.7 Å². The topological polar surface area (TPSA) is 111 Å². The molecule has 2 rings (SSSR count). The zero-order chi connectivity index (χ0) is 14.0. The molecule has 1 aliphatic heterocycles. The Bertz CT molecular complexity index is 575. The van der Waals surface area contributed by atoms with E-state index in [1.54, 1.807) is 0 Å². The van der Waals surface area contributed by atoms with Crippen LogP contribution in [0.25, 0.3) is 0 Å². The fourth-order valence-corrected chi connectivity index (χ4v) is 1.62. The Labute approximate surface area is 111 Å². The molecule has 0 bridgehead atoms. The number of halogens is 1. The van der Waals surface area contributed by atoms with Gasteiger partial charge in [-0.2, -0.15) is 0 Å². The number of anilines is 2. The lowest BCUT2D eigenvalue weighted by atomic mass is 10.2. The van der Waals surface area contributed by atoms with Gasteiger partial charge in [0, 0.05) is 0 Å². The highest BCUT2D eigenvalue weighted by Gasteiger charge is 2.24. The van der Waals surface area contributed by atoms with Crippen molar-refractivity contribution in [3.8, 4) is 5.75 Å². The van der Waals surface area contributed by atoms with E-state index in [-0.39, 0.29) is 41.2 Å². The highest BCUT2D eigenvalue weighted by molar-refractivity contribution is 6.29. The van der Waals surface area contributed by atoms with Gasteiger partial charge in [0.1, 0.15) is 11.6 Å². The van der Waals surface area contributed by atoms with E-state index in [1.165, 1.54) is 6.07 Å². The number of nitro benzene ring substituents is 1. The van der Waals surface area contributed by atoms with Gasteiger partial charge in [-0.25, -0.2) is 0 Å². The molecule has 1 aromatic carbocycles. The van der Waals surface area contributed by atoms with Gasteiger partial charge in [0.15, 0.2) is 12.4 Å². The van der Waals surface area contributed by atoms with E-state index < -0.39 is 10.8 Å². The average Bonchev–Trinajstić information content (AvgIpc) is 2.37. The molecule has 9 heteroatoms. The van der Waals surface area contributed by atoms with Gasteiger partial charge in [-0.15, -0.1) is 11.6 Å². The van der Waals surface area contributed by atoms with Gasteiger partial charge in [0.2, 0.25) is 5.91 Å². The molecule has 19 heavy (non-hydrogen) atoms. The van der Waals surface area contributed by atoms with Crippen LogP contribution >= 0.6 is 11.6 Å². The van der Waals surface area contributed by atoms with Gasteiger partial charge >= 0.3 is 0 Å². The highest BCUT2D eigenvalue weighted by Crippen LogP contribution is 2.37. The molecule has 1 aromatic rings. The smallest absolute Gasteiger partial charge is 0.296 e. The Morgan fingerprint density at radius 2 is 2.32 bits per heavy atom. The molecule has 0 saturated heterocycles. The third-order valence-electron chi connectivity index (χ3n) is 2.32. The maximum atomic E-state index is 11.2. The fourth-order valence-electron chi connectivity index (χ4n) is 1.55. The van der Waals surface area contributed by atoms with Crippen molar-refractivity contribution < 1.29 is 19.2 Å². The molecule has 0 radical (unpaired) electrons. The molecule has 0 saturated carbocycles. The van der Waals surface area contributed by atoms with Gasteiger partial charge in [0.25, 0.3) is 11.6 Å². The molecule has 0 fully saturated rings. The van der Waals surface area contributed by atoms with Gasteiger partial charge in [-0.05, 0) is 6.07 Å². The quantitative estimate of drug-likeness (QED) is 0.491.